The van der Waals surface area contributed by atoms with Gasteiger partial charge < -0.3 is 10.6 Å². The Hall–Kier alpha value is -4.57. The number of para-hydroxylation sites is 1. The molecule has 0 radical (unpaired) electrons. The van der Waals surface area contributed by atoms with E-state index in [1.807, 2.05) is 30.3 Å². The van der Waals surface area contributed by atoms with Gasteiger partial charge in [0.15, 0.2) is 0 Å². The molecule has 0 aliphatic carbocycles. The second-order valence-electron chi connectivity index (χ2n) is 8.20. The predicted octanol–water partition coefficient (Wildman–Crippen LogP) is 4.73. The molecule has 0 aromatic heterocycles. The van der Waals surface area contributed by atoms with Crippen molar-refractivity contribution >= 4 is 33.2 Å². The Kier molecular flexibility index (Phi) is 8.12. The molecule has 2 amide bonds. The number of rotatable bonds is 9. The maximum atomic E-state index is 13.5. The average Bonchev–Trinajstić information content (AvgIpc) is 2.92. The van der Waals surface area contributed by atoms with Gasteiger partial charge in [-0.15, -0.1) is 0 Å². The van der Waals surface area contributed by atoms with Crippen LogP contribution in [0.5, 0.6) is 0 Å². The number of nitrogens with zero attached hydrogens (tertiary/aromatic N) is 1. The summed E-state index contributed by atoms with van der Waals surface area (Å²) in [5.41, 5.74) is 1.29. The van der Waals surface area contributed by atoms with Crippen LogP contribution < -0.4 is 14.9 Å². The third-order valence-corrected chi connectivity index (χ3v) is 7.33. The van der Waals surface area contributed by atoms with Crippen LogP contribution in [0.4, 0.5) is 20.2 Å². The second-order valence-corrected chi connectivity index (χ2v) is 10.1. The lowest BCUT2D eigenvalue weighted by molar-refractivity contribution is -0.114. The number of carbonyl (C=O) groups excluding carboxylic acids is 2. The Morgan fingerprint density at radius 3 is 1.97 bits per heavy atom. The Morgan fingerprint density at radius 2 is 1.32 bits per heavy atom. The fourth-order valence-corrected chi connectivity index (χ4v) is 5.06. The van der Waals surface area contributed by atoms with Crippen LogP contribution in [-0.4, -0.2) is 26.8 Å². The molecule has 38 heavy (non-hydrogen) atoms. The van der Waals surface area contributed by atoms with Crippen molar-refractivity contribution in [1.82, 2.24) is 5.32 Å². The topological polar surface area (TPSA) is 95.6 Å². The number of nitrogens with one attached hydrogen (secondary N) is 2. The number of amides is 2. The van der Waals surface area contributed by atoms with Crippen LogP contribution in [-0.2, 0) is 21.4 Å². The molecule has 4 aromatic rings. The van der Waals surface area contributed by atoms with Gasteiger partial charge in [0.25, 0.3) is 15.9 Å². The summed E-state index contributed by atoms with van der Waals surface area (Å²) in [6.45, 7) is -0.415. The second kappa shape index (κ2) is 11.7. The van der Waals surface area contributed by atoms with Crippen molar-refractivity contribution < 1.29 is 26.8 Å². The van der Waals surface area contributed by atoms with Gasteiger partial charge in [-0.3, -0.25) is 13.9 Å². The minimum atomic E-state index is -4.33. The highest BCUT2D eigenvalue weighted by Crippen LogP contribution is 2.25. The van der Waals surface area contributed by atoms with E-state index in [4.69, 9.17) is 0 Å². The van der Waals surface area contributed by atoms with Gasteiger partial charge in [0, 0.05) is 6.54 Å². The smallest absolute Gasteiger partial charge is 0.264 e. The van der Waals surface area contributed by atoms with Crippen molar-refractivity contribution in [3.05, 3.63) is 126 Å². The number of sulfonamides is 1. The highest BCUT2D eigenvalue weighted by molar-refractivity contribution is 7.92. The van der Waals surface area contributed by atoms with E-state index in [1.54, 1.807) is 12.1 Å². The predicted molar refractivity (Wildman–Crippen MR) is 140 cm³/mol. The largest absolute Gasteiger partial charge is 0.348 e. The van der Waals surface area contributed by atoms with E-state index < -0.39 is 40.0 Å². The van der Waals surface area contributed by atoms with Crippen molar-refractivity contribution in [2.45, 2.75) is 11.4 Å². The normalized spacial score (nSPS) is 11.0. The first-order valence-corrected chi connectivity index (χ1v) is 12.9. The highest BCUT2D eigenvalue weighted by atomic mass is 32.2. The molecule has 10 heteroatoms. The van der Waals surface area contributed by atoms with Crippen LogP contribution in [0.2, 0.25) is 0 Å². The first kappa shape index (κ1) is 26.5. The summed E-state index contributed by atoms with van der Waals surface area (Å²) in [4.78, 5) is 25.6. The first-order chi connectivity index (χ1) is 18.2. The monoisotopic (exact) mass is 535 g/mol. The quantitative estimate of drug-likeness (QED) is 0.324. The van der Waals surface area contributed by atoms with E-state index in [1.165, 1.54) is 24.3 Å². The van der Waals surface area contributed by atoms with Crippen LogP contribution in [0.15, 0.2) is 108 Å². The summed E-state index contributed by atoms with van der Waals surface area (Å²) in [6, 6.07) is 24.3. The standard InChI is InChI=1S/C28H23F2N3O4S/c29-21-10-14-23(15-11-21)33(38(36,37)24-16-12-22(30)13-17-24)19-27(34)32-26-9-5-4-8-25(26)28(35)31-18-20-6-2-1-3-7-20/h1-17H,18-19H2,(H,31,35)(H,32,34). The zero-order valence-corrected chi connectivity index (χ0v) is 20.8. The minimum absolute atomic E-state index is 0.0276. The van der Waals surface area contributed by atoms with Crippen molar-refractivity contribution in [3.63, 3.8) is 0 Å². The lowest BCUT2D eigenvalue weighted by Gasteiger charge is -2.24. The number of carbonyl (C=O) groups is 2. The Morgan fingerprint density at radius 1 is 0.737 bits per heavy atom. The van der Waals surface area contributed by atoms with E-state index in [0.29, 0.717) is 0 Å². The van der Waals surface area contributed by atoms with Gasteiger partial charge in [0.1, 0.15) is 18.2 Å². The van der Waals surface area contributed by atoms with Gasteiger partial charge in [-0.1, -0.05) is 42.5 Å². The molecule has 0 bridgehead atoms. The summed E-state index contributed by atoms with van der Waals surface area (Å²) < 4.78 is 54.5. The molecule has 194 valence electrons. The lowest BCUT2D eigenvalue weighted by Crippen LogP contribution is -2.38. The first-order valence-electron chi connectivity index (χ1n) is 11.5. The SMILES string of the molecule is O=C(CN(c1ccc(F)cc1)S(=O)(=O)c1ccc(F)cc1)Nc1ccccc1C(=O)NCc1ccccc1. The molecular weight excluding hydrogens is 512 g/mol. The zero-order valence-electron chi connectivity index (χ0n) is 20.0. The lowest BCUT2D eigenvalue weighted by atomic mass is 10.1. The molecule has 0 aliphatic heterocycles. The van der Waals surface area contributed by atoms with Crippen molar-refractivity contribution in [2.75, 3.05) is 16.2 Å². The Labute approximate surface area is 218 Å². The number of benzene rings is 4. The molecule has 0 saturated carbocycles. The maximum Gasteiger partial charge on any atom is 0.264 e. The summed E-state index contributed by atoms with van der Waals surface area (Å²) >= 11 is 0. The van der Waals surface area contributed by atoms with Gasteiger partial charge in [-0.25, -0.2) is 17.2 Å². The average molecular weight is 536 g/mol. The molecular formula is C28H23F2N3O4S. The maximum absolute atomic E-state index is 13.5. The van der Waals surface area contributed by atoms with E-state index in [0.717, 1.165) is 46.3 Å². The van der Waals surface area contributed by atoms with Crippen molar-refractivity contribution in [1.29, 1.82) is 0 Å². The zero-order chi connectivity index (χ0) is 27.1. The summed E-state index contributed by atoms with van der Waals surface area (Å²) in [5, 5.41) is 5.38. The molecule has 0 saturated heterocycles. The minimum Gasteiger partial charge on any atom is -0.348 e. The number of hydrogen-bond donors (Lipinski definition) is 2. The van der Waals surface area contributed by atoms with Crippen molar-refractivity contribution in [2.24, 2.45) is 0 Å². The van der Waals surface area contributed by atoms with Crippen LogP contribution >= 0.6 is 0 Å². The molecule has 7 nitrogen and oxygen atoms in total. The van der Waals surface area contributed by atoms with Gasteiger partial charge in [-0.2, -0.15) is 0 Å². The van der Waals surface area contributed by atoms with Gasteiger partial charge in [-0.05, 0) is 66.2 Å². The van der Waals surface area contributed by atoms with Gasteiger partial charge in [0.2, 0.25) is 5.91 Å². The number of halogens is 2. The van der Waals surface area contributed by atoms with Crippen LogP contribution in [0.1, 0.15) is 15.9 Å². The molecule has 0 heterocycles. The van der Waals surface area contributed by atoms with E-state index >= 15 is 0 Å². The molecule has 0 atom stereocenters. The fourth-order valence-electron chi connectivity index (χ4n) is 3.64. The molecule has 2 N–H and O–H groups in total. The highest BCUT2D eigenvalue weighted by Gasteiger charge is 2.28. The fraction of sp³-hybridized carbons (Fsp3) is 0.0714. The molecule has 4 rings (SSSR count). The third kappa shape index (κ3) is 6.40. The molecule has 4 aromatic carbocycles. The van der Waals surface area contributed by atoms with Crippen LogP contribution in [0, 0.1) is 11.6 Å². The third-order valence-electron chi connectivity index (χ3n) is 5.55. The Balaban J connectivity index is 1.56. The van der Waals surface area contributed by atoms with Crippen LogP contribution in [0.3, 0.4) is 0 Å². The van der Waals surface area contributed by atoms with Gasteiger partial charge >= 0.3 is 0 Å². The summed E-state index contributed by atoms with van der Waals surface area (Å²) in [7, 11) is -4.33. The molecule has 0 spiro atoms. The summed E-state index contributed by atoms with van der Waals surface area (Å²) in [6.07, 6.45) is 0. The summed E-state index contributed by atoms with van der Waals surface area (Å²) in [5.74, 6) is -2.40. The molecule has 0 unspecified atom stereocenters. The van der Waals surface area contributed by atoms with Crippen molar-refractivity contribution in [3.8, 4) is 0 Å². The van der Waals surface area contributed by atoms with E-state index in [9.17, 15) is 26.8 Å². The molecule has 0 fully saturated rings. The van der Waals surface area contributed by atoms with E-state index in [2.05, 4.69) is 10.6 Å². The van der Waals surface area contributed by atoms with E-state index in [-0.39, 0.29) is 28.4 Å². The van der Waals surface area contributed by atoms with Crippen LogP contribution in [0.25, 0.3) is 0 Å². The van der Waals surface area contributed by atoms with Gasteiger partial charge in [0.05, 0.1) is 21.8 Å². The Bertz CT molecular complexity index is 1530. The molecule has 0 aliphatic rings. The number of hydrogen-bond acceptors (Lipinski definition) is 4. The number of anilines is 2.